The van der Waals surface area contributed by atoms with Crippen LogP contribution in [0.2, 0.25) is 0 Å². The van der Waals surface area contributed by atoms with E-state index >= 15 is 0 Å². The van der Waals surface area contributed by atoms with Gasteiger partial charge in [-0.3, -0.25) is 4.79 Å². The second-order valence-electron chi connectivity index (χ2n) is 5.00. The van der Waals surface area contributed by atoms with Gasteiger partial charge in [0.15, 0.2) is 0 Å². The average molecular weight is 279 g/mol. The summed E-state index contributed by atoms with van der Waals surface area (Å²) < 4.78 is 0. The van der Waals surface area contributed by atoms with Gasteiger partial charge in [0.25, 0.3) is 0 Å². The lowest BCUT2D eigenvalue weighted by Crippen LogP contribution is -2.27. The van der Waals surface area contributed by atoms with Crippen molar-refractivity contribution in [2.75, 3.05) is 37.4 Å². The summed E-state index contributed by atoms with van der Waals surface area (Å²) >= 11 is 0. The van der Waals surface area contributed by atoms with E-state index in [0.717, 1.165) is 24.0 Å². The van der Waals surface area contributed by atoms with Gasteiger partial charge in [0.1, 0.15) is 17.5 Å². The van der Waals surface area contributed by atoms with Crippen molar-refractivity contribution in [1.29, 1.82) is 0 Å². The molecule has 6 nitrogen and oxygen atoms in total. The Kier molecular flexibility index (Phi) is 6.21. The number of rotatable bonds is 7. The number of aromatic nitrogens is 2. The summed E-state index contributed by atoms with van der Waals surface area (Å²) in [6.07, 6.45) is 0.449. The highest BCUT2D eigenvalue weighted by Crippen LogP contribution is 2.19. The zero-order chi connectivity index (χ0) is 15.1. The molecule has 0 aliphatic heterocycles. The Hall–Kier alpha value is -1.85. The molecule has 0 bridgehead atoms. The summed E-state index contributed by atoms with van der Waals surface area (Å²) in [4.78, 5) is 22.3. The Morgan fingerprint density at radius 2 is 2.10 bits per heavy atom. The fourth-order valence-electron chi connectivity index (χ4n) is 1.69. The SMILES string of the molecule is CCNc1cc(N(C)CCC(=O)NC)nc(C(C)C)n1. The Morgan fingerprint density at radius 1 is 1.40 bits per heavy atom. The third-order valence-electron chi connectivity index (χ3n) is 2.95. The van der Waals surface area contributed by atoms with Crippen LogP contribution in [-0.4, -0.2) is 43.1 Å². The molecule has 112 valence electrons. The fraction of sp³-hybridized carbons (Fsp3) is 0.643. The van der Waals surface area contributed by atoms with Gasteiger partial charge in [-0.05, 0) is 6.92 Å². The molecule has 0 unspecified atom stereocenters. The molecule has 1 aromatic rings. The van der Waals surface area contributed by atoms with E-state index < -0.39 is 0 Å². The molecule has 6 heteroatoms. The van der Waals surface area contributed by atoms with Crippen LogP contribution in [0.3, 0.4) is 0 Å². The van der Waals surface area contributed by atoms with E-state index in [0.29, 0.717) is 13.0 Å². The van der Waals surface area contributed by atoms with Gasteiger partial charge in [-0.2, -0.15) is 0 Å². The van der Waals surface area contributed by atoms with E-state index in [9.17, 15) is 4.79 Å². The van der Waals surface area contributed by atoms with E-state index in [1.54, 1.807) is 7.05 Å². The van der Waals surface area contributed by atoms with Crippen LogP contribution < -0.4 is 15.5 Å². The third-order valence-corrected chi connectivity index (χ3v) is 2.95. The molecule has 0 saturated carbocycles. The molecular weight excluding hydrogens is 254 g/mol. The maximum Gasteiger partial charge on any atom is 0.221 e. The van der Waals surface area contributed by atoms with Gasteiger partial charge >= 0.3 is 0 Å². The summed E-state index contributed by atoms with van der Waals surface area (Å²) in [7, 11) is 3.58. The van der Waals surface area contributed by atoms with Crippen molar-refractivity contribution in [3.63, 3.8) is 0 Å². The number of hydrogen-bond donors (Lipinski definition) is 2. The predicted octanol–water partition coefficient (Wildman–Crippen LogP) is 1.60. The Balaban J connectivity index is 2.88. The van der Waals surface area contributed by atoms with Crippen LogP contribution in [0.1, 0.15) is 38.9 Å². The zero-order valence-electron chi connectivity index (χ0n) is 13.0. The lowest BCUT2D eigenvalue weighted by Gasteiger charge is -2.20. The maximum absolute atomic E-state index is 11.3. The maximum atomic E-state index is 11.3. The quantitative estimate of drug-likeness (QED) is 0.793. The van der Waals surface area contributed by atoms with Crippen LogP contribution >= 0.6 is 0 Å². The number of hydrogen-bond acceptors (Lipinski definition) is 5. The molecule has 0 spiro atoms. The molecule has 1 aromatic heterocycles. The number of carbonyl (C=O) groups excluding carboxylic acids is 1. The van der Waals surface area contributed by atoms with Crippen molar-refractivity contribution < 1.29 is 4.79 Å². The Morgan fingerprint density at radius 3 is 2.65 bits per heavy atom. The van der Waals surface area contributed by atoms with Gasteiger partial charge in [0.05, 0.1) is 0 Å². The van der Waals surface area contributed by atoms with Crippen molar-refractivity contribution in [1.82, 2.24) is 15.3 Å². The minimum atomic E-state index is 0.0295. The van der Waals surface area contributed by atoms with E-state index in [-0.39, 0.29) is 11.8 Å². The van der Waals surface area contributed by atoms with Crippen molar-refractivity contribution >= 4 is 17.5 Å². The van der Waals surface area contributed by atoms with Gasteiger partial charge in [0.2, 0.25) is 5.91 Å². The Labute approximate surface area is 121 Å². The Bertz CT molecular complexity index is 447. The van der Waals surface area contributed by atoms with Crippen LogP contribution in [0.25, 0.3) is 0 Å². The summed E-state index contributed by atoms with van der Waals surface area (Å²) in [5.74, 6) is 2.77. The lowest BCUT2D eigenvalue weighted by molar-refractivity contribution is -0.120. The molecule has 0 fully saturated rings. The number of carbonyl (C=O) groups is 1. The first kappa shape index (κ1) is 16.2. The standard InChI is InChI=1S/C14H25N5O/c1-6-16-11-9-12(18-14(17-11)10(2)3)19(5)8-7-13(20)15-4/h9-10H,6-8H2,1-5H3,(H,15,20)(H,16,17,18). The first-order valence-corrected chi connectivity index (χ1v) is 7.02. The average Bonchev–Trinajstić information content (AvgIpc) is 2.44. The second kappa shape index (κ2) is 7.67. The van der Waals surface area contributed by atoms with Gasteiger partial charge in [-0.25, -0.2) is 9.97 Å². The largest absolute Gasteiger partial charge is 0.370 e. The predicted molar refractivity (Wildman–Crippen MR) is 82.2 cm³/mol. The molecule has 0 atom stereocenters. The molecule has 1 rings (SSSR count). The van der Waals surface area contributed by atoms with Crippen molar-refractivity contribution in [2.45, 2.75) is 33.1 Å². The van der Waals surface area contributed by atoms with E-state index in [4.69, 9.17) is 0 Å². The van der Waals surface area contributed by atoms with Crippen LogP contribution in [0.5, 0.6) is 0 Å². The highest BCUT2D eigenvalue weighted by molar-refractivity contribution is 5.76. The lowest BCUT2D eigenvalue weighted by atomic mass is 10.2. The van der Waals surface area contributed by atoms with E-state index in [1.165, 1.54) is 0 Å². The second-order valence-corrected chi connectivity index (χ2v) is 5.00. The fourth-order valence-corrected chi connectivity index (χ4v) is 1.69. The number of amides is 1. The van der Waals surface area contributed by atoms with Crippen LogP contribution in [-0.2, 0) is 4.79 Å². The smallest absolute Gasteiger partial charge is 0.221 e. The molecule has 1 heterocycles. The minimum absolute atomic E-state index is 0.0295. The van der Waals surface area contributed by atoms with Crippen LogP contribution in [0.4, 0.5) is 11.6 Å². The first-order chi connectivity index (χ1) is 9.47. The molecule has 0 radical (unpaired) electrons. The first-order valence-electron chi connectivity index (χ1n) is 7.02. The molecule has 20 heavy (non-hydrogen) atoms. The molecule has 1 amide bonds. The van der Waals surface area contributed by atoms with E-state index in [1.807, 2.05) is 24.9 Å². The van der Waals surface area contributed by atoms with Crippen molar-refractivity contribution in [3.05, 3.63) is 11.9 Å². The van der Waals surface area contributed by atoms with Crippen LogP contribution in [0, 0.1) is 0 Å². The van der Waals surface area contributed by atoms with Gasteiger partial charge in [0, 0.05) is 45.6 Å². The van der Waals surface area contributed by atoms with Gasteiger partial charge < -0.3 is 15.5 Å². The summed E-state index contributed by atoms with van der Waals surface area (Å²) in [6.45, 7) is 7.61. The number of anilines is 2. The molecule has 0 saturated heterocycles. The normalized spacial score (nSPS) is 10.5. The topological polar surface area (TPSA) is 70.2 Å². The third kappa shape index (κ3) is 4.68. The highest BCUT2D eigenvalue weighted by Gasteiger charge is 2.11. The minimum Gasteiger partial charge on any atom is -0.370 e. The zero-order valence-corrected chi connectivity index (χ0v) is 13.0. The summed E-state index contributed by atoms with van der Waals surface area (Å²) in [6, 6.07) is 1.92. The molecular formula is C14H25N5O. The number of nitrogens with zero attached hydrogens (tertiary/aromatic N) is 3. The van der Waals surface area contributed by atoms with Crippen molar-refractivity contribution in [2.24, 2.45) is 0 Å². The van der Waals surface area contributed by atoms with Gasteiger partial charge in [-0.1, -0.05) is 13.8 Å². The molecule has 2 N–H and O–H groups in total. The highest BCUT2D eigenvalue weighted by atomic mass is 16.1. The molecule has 0 aromatic carbocycles. The molecule has 0 aliphatic carbocycles. The van der Waals surface area contributed by atoms with Gasteiger partial charge in [-0.15, -0.1) is 0 Å². The van der Waals surface area contributed by atoms with Crippen LogP contribution in [0.15, 0.2) is 6.07 Å². The summed E-state index contributed by atoms with van der Waals surface area (Å²) in [5.41, 5.74) is 0. The van der Waals surface area contributed by atoms with Crippen molar-refractivity contribution in [3.8, 4) is 0 Å². The van der Waals surface area contributed by atoms with E-state index in [2.05, 4.69) is 34.4 Å². The monoisotopic (exact) mass is 279 g/mol. The molecule has 0 aliphatic rings. The summed E-state index contributed by atoms with van der Waals surface area (Å²) in [5, 5.41) is 5.84. The number of nitrogens with one attached hydrogen (secondary N) is 2.